The molecule has 1 aliphatic rings. The van der Waals surface area contributed by atoms with Crippen LogP contribution in [0.1, 0.15) is 29.4 Å². The molecule has 4 aromatic rings. The Bertz CT molecular complexity index is 1400. The minimum absolute atomic E-state index is 0.0915. The third-order valence-corrected chi connectivity index (χ3v) is 7.10. The van der Waals surface area contributed by atoms with Crippen molar-refractivity contribution < 1.29 is 9.59 Å². The number of benzene rings is 2. The van der Waals surface area contributed by atoms with Gasteiger partial charge in [-0.05, 0) is 60.5 Å². The third kappa shape index (κ3) is 4.45. The topological polar surface area (TPSA) is 97.3 Å². The lowest BCUT2D eigenvalue weighted by atomic mass is 9.98. The highest BCUT2D eigenvalue weighted by Gasteiger charge is 2.38. The summed E-state index contributed by atoms with van der Waals surface area (Å²) in [6.07, 6.45) is 4.94. The Morgan fingerprint density at radius 1 is 1.14 bits per heavy atom. The molecule has 1 unspecified atom stereocenters. The first-order valence-corrected chi connectivity index (χ1v) is 12.3. The van der Waals surface area contributed by atoms with E-state index >= 15 is 0 Å². The van der Waals surface area contributed by atoms with Gasteiger partial charge in [0.05, 0.1) is 17.6 Å². The number of aldehydes is 1. The average Bonchev–Trinajstić information content (AvgIpc) is 3.38. The maximum atomic E-state index is 13.7. The Morgan fingerprint density at radius 3 is 2.69 bits per heavy atom. The summed E-state index contributed by atoms with van der Waals surface area (Å²) in [6.45, 7) is 3.69. The summed E-state index contributed by atoms with van der Waals surface area (Å²) in [5.41, 5.74) is 9.16. The van der Waals surface area contributed by atoms with Crippen LogP contribution in [0.5, 0.6) is 0 Å². The molecule has 1 amide bonds. The molecule has 2 N–H and O–H groups in total. The zero-order valence-electron chi connectivity index (χ0n) is 19.9. The highest BCUT2D eigenvalue weighted by atomic mass is 35.5. The molecule has 2 aromatic carbocycles. The van der Waals surface area contributed by atoms with Gasteiger partial charge in [0.1, 0.15) is 24.1 Å². The fourth-order valence-electron chi connectivity index (χ4n) is 5.04. The van der Waals surface area contributed by atoms with Crippen LogP contribution in [0.15, 0.2) is 67.1 Å². The summed E-state index contributed by atoms with van der Waals surface area (Å²) in [7, 11) is 0. The largest absolute Gasteiger partial charge is 0.383 e. The molecule has 2 aromatic heterocycles. The van der Waals surface area contributed by atoms with Gasteiger partial charge in [0.25, 0.3) is 5.91 Å². The van der Waals surface area contributed by atoms with Crippen LogP contribution < -0.4 is 5.73 Å². The second-order valence-electron chi connectivity index (χ2n) is 8.92. The number of aromatic nitrogens is 3. The van der Waals surface area contributed by atoms with Crippen LogP contribution in [-0.4, -0.2) is 61.7 Å². The summed E-state index contributed by atoms with van der Waals surface area (Å²) < 4.78 is 1.86. The maximum Gasteiger partial charge on any atom is 0.271 e. The molecule has 0 spiro atoms. The summed E-state index contributed by atoms with van der Waals surface area (Å²) in [4.78, 5) is 38.4. The van der Waals surface area contributed by atoms with Gasteiger partial charge in [-0.1, -0.05) is 24.6 Å². The van der Waals surface area contributed by atoms with Crippen molar-refractivity contribution >= 4 is 40.5 Å². The van der Waals surface area contributed by atoms with Crippen LogP contribution in [0.4, 0.5) is 5.82 Å². The number of rotatable bonds is 6. The van der Waals surface area contributed by atoms with Crippen LogP contribution in [0.3, 0.4) is 0 Å². The van der Waals surface area contributed by atoms with E-state index in [1.807, 2.05) is 65.1 Å². The summed E-state index contributed by atoms with van der Waals surface area (Å²) in [6, 6.07) is 16.2. The SMILES string of the molecule is CC[C@H]1C(C=O)N(Cc2ccc3c(N)ncnc3c2)CCN1C(=O)c1cccn1-c1ccc(Cl)cc1. The van der Waals surface area contributed by atoms with Crippen LogP contribution in [0.2, 0.25) is 5.02 Å². The smallest absolute Gasteiger partial charge is 0.271 e. The molecule has 184 valence electrons. The molecule has 9 heteroatoms. The van der Waals surface area contributed by atoms with Crippen LogP contribution >= 0.6 is 11.6 Å². The molecule has 8 nitrogen and oxygen atoms in total. The van der Waals surface area contributed by atoms with Gasteiger partial charge in [-0.25, -0.2) is 9.97 Å². The molecule has 3 heterocycles. The monoisotopic (exact) mass is 502 g/mol. The quantitative estimate of drug-likeness (QED) is 0.401. The Hall–Kier alpha value is -3.75. The lowest BCUT2D eigenvalue weighted by Gasteiger charge is -2.45. The van der Waals surface area contributed by atoms with Crippen molar-refractivity contribution in [1.29, 1.82) is 0 Å². The van der Waals surface area contributed by atoms with Gasteiger partial charge in [-0.2, -0.15) is 0 Å². The Balaban J connectivity index is 1.38. The lowest BCUT2D eigenvalue weighted by molar-refractivity contribution is -0.116. The molecule has 1 aliphatic heterocycles. The van der Waals surface area contributed by atoms with Crippen molar-refractivity contribution in [2.45, 2.75) is 32.0 Å². The predicted octanol–water partition coefficient (Wildman–Crippen LogP) is 3.96. The Labute approximate surface area is 214 Å². The van der Waals surface area contributed by atoms with Crippen molar-refractivity contribution in [1.82, 2.24) is 24.3 Å². The Kier molecular flexibility index (Phi) is 6.71. The van der Waals surface area contributed by atoms with Crippen LogP contribution in [0.25, 0.3) is 16.6 Å². The number of halogens is 1. The predicted molar refractivity (Wildman–Crippen MR) is 140 cm³/mol. The van der Waals surface area contributed by atoms with Crippen molar-refractivity contribution in [3.63, 3.8) is 0 Å². The van der Waals surface area contributed by atoms with Crippen molar-refractivity contribution in [3.8, 4) is 5.69 Å². The van der Waals surface area contributed by atoms with E-state index < -0.39 is 6.04 Å². The fraction of sp³-hybridized carbons (Fsp3) is 0.259. The maximum absolute atomic E-state index is 13.7. The number of piperazine rings is 1. The third-order valence-electron chi connectivity index (χ3n) is 6.85. The number of carbonyl (C=O) groups is 2. The van der Waals surface area contributed by atoms with Gasteiger partial charge >= 0.3 is 0 Å². The first kappa shape index (κ1) is 24.0. The number of nitrogens with two attached hydrogens (primary N) is 1. The van der Waals surface area contributed by atoms with Crippen molar-refractivity contribution in [2.24, 2.45) is 0 Å². The molecule has 36 heavy (non-hydrogen) atoms. The van der Waals surface area contributed by atoms with Gasteiger partial charge in [-0.15, -0.1) is 0 Å². The average molecular weight is 503 g/mol. The van der Waals surface area contributed by atoms with Gasteiger partial charge in [0.2, 0.25) is 0 Å². The van der Waals surface area contributed by atoms with Gasteiger partial charge in [-0.3, -0.25) is 9.69 Å². The summed E-state index contributed by atoms with van der Waals surface area (Å²) in [5, 5.41) is 1.44. The molecule has 1 fully saturated rings. The van der Waals surface area contributed by atoms with Crippen molar-refractivity contribution in [3.05, 3.63) is 83.4 Å². The lowest BCUT2D eigenvalue weighted by Crippen LogP contribution is -2.61. The van der Waals surface area contributed by atoms with E-state index in [1.165, 1.54) is 6.33 Å². The van der Waals surface area contributed by atoms with E-state index in [-0.39, 0.29) is 11.9 Å². The zero-order chi connectivity index (χ0) is 25.2. The molecule has 2 atom stereocenters. The molecule has 0 aliphatic carbocycles. The highest BCUT2D eigenvalue weighted by Crippen LogP contribution is 2.26. The van der Waals surface area contributed by atoms with E-state index in [2.05, 4.69) is 14.9 Å². The van der Waals surface area contributed by atoms with E-state index in [9.17, 15) is 9.59 Å². The molecular weight excluding hydrogens is 476 g/mol. The molecule has 1 saturated heterocycles. The summed E-state index contributed by atoms with van der Waals surface area (Å²) in [5.74, 6) is 0.352. The molecule has 0 bridgehead atoms. The zero-order valence-corrected chi connectivity index (χ0v) is 20.7. The minimum atomic E-state index is -0.419. The number of carbonyl (C=O) groups excluding carboxylic acids is 2. The van der Waals surface area contributed by atoms with Gasteiger partial charge in [0.15, 0.2) is 0 Å². The van der Waals surface area contributed by atoms with Gasteiger partial charge < -0.3 is 20.0 Å². The van der Waals surface area contributed by atoms with E-state index in [0.29, 0.717) is 42.6 Å². The number of anilines is 1. The number of nitrogen functional groups attached to an aromatic ring is 1. The molecule has 0 radical (unpaired) electrons. The van der Waals surface area contributed by atoms with Crippen molar-refractivity contribution in [2.75, 3.05) is 18.8 Å². The number of fused-ring (bicyclic) bond motifs is 1. The normalized spacial score (nSPS) is 18.4. The summed E-state index contributed by atoms with van der Waals surface area (Å²) >= 11 is 6.04. The molecule has 5 rings (SSSR count). The first-order valence-electron chi connectivity index (χ1n) is 11.9. The van der Waals surface area contributed by atoms with E-state index in [0.717, 1.165) is 28.4 Å². The highest BCUT2D eigenvalue weighted by molar-refractivity contribution is 6.30. The number of hydrogen-bond acceptors (Lipinski definition) is 6. The van der Waals surface area contributed by atoms with E-state index in [4.69, 9.17) is 17.3 Å². The number of nitrogens with zero attached hydrogens (tertiary/aromatic N) is 5. The standard InChI is InChI=1S/C27H27ClN6O2/c1-2-23-25(16-35)32(15-18-5-10-21-22(14-18)30-17-31-26(21)29)12-13-34(23)27(36)24-4-3-11-33(24)20-8-6-19(28)7-9-20/h3-11,14,16-17,23,25H,2,12-13,15H2,1H3,(H2,29,30,31)/t23-,25?/m0/s1. The number of amides is 1. The van der Waals surface area contributed by atoms with E-state index in [1.54, 1.807) is 12.1 Å². The Morgan fingerprint density at radius 2 is 1.94 bits per heavy atom. The first-order chi connectivity index (χ1) is 17.5. The molecule has 0 saturated carbocycles. The second-order valence-corrected chi connectivity index (χ2v) is 9.36. The van der Waals surface area contributed by atoms with Gasteiger partial charge in [0, 0.05) is 41.9 Å². The molecular formula is C27H27ClN6O2. The minimum Gasteiger partial charge on any atom is -0.383 e. The second kappa shape index (κ2) is 10.1. The fourth-order valence-corrected chi connectivity index (χ4v) is 5.17. The van der Waals surface area contributed by atoms with Crippen LogP contribution in [-0.2, 0) is 11.3 Å². The van der Waals surface area contributed by atoms with Crippen LogP contribution in [0, 0.1) is 0 Å². The number of hydrogen-bond donors (Lipinski definition) is 1.